The van der Waals surface area contributed by atoms with Crippen molar-refractivity contribution in [3.05, 3.63) is 65.0 Å². The number of rotatable bonds is 5. The molecule has 0 saturated carbocycles. The predicted molar refractivity (Wildman–Crippen MR) is 73.2 cm³/mol. The molecule has 0 saturated heterocycles. The number of hydrogen-bond acceptors (Lipinski definition) is 3. The van der Waals surface area contributed by atoms with E-state index >= 15 is 0 Å². The molecule has 0 fully saturated rings. The highest BCUT2D eigenvalue weighted by Crippen LogP contribution is 2.16. The molecule has 0 heterocycles. The van der Waals surface area contributed by atoms with Crippen LogP contribution in [0.25, 0.3) is 0 Å². The molecular weight excluding hydrogens is 273 g/mol. The summed E-state index contributed by atoms with van der Waals surface area (Å²) >= 11 is 0. The number of benzene rings is 2. The Morgan fingerprint density at radius 3 is 2.48 bits per heavy atom. The minimum atomic E-state index is -0.890. The van der Waals surface area contributed by atoms with Crippen molar-refractivity contribution in [3.63, 3.8) is 0 Å². The molecule has 4 nitrogen and oxygen atoms in total. The van der Waals surface area contributed by atoms with Gasteiger partial charge in [-0.15, -0.1) is 0 Å². The Kier molecular flexibility index (Phi) is 4.52. The first-order chi connectivity index (χ1) is 10.1. The number of carboxylic acids is 1. The third kappa shape index (κ3) is 4.05. The van der Waals surface area contributed by atoms with E-state index in [2.05, 4.69) is 0 Å². The Labute approximate surface area is 121 Å². The van der Waals surface area contributed by atoms with Gasteiger partial charge in [-0.1, -0.05) is 18.2 Å². The summed E-state index contributed by atoms with van der Waals surface area (Å²) in [6.45, 7) is 0.202. The first-order valence-corrected chi connectivity index (χ1v) is 6.20. The molecule has 21 heavy (non-hydrogen) atoms. The van der Waals surface area contributed by atoms with Gasteiger partial charge in [-0.25, -0.2) is 4.39 Å². The highest BCUT2D eigenvalue weighted by molar-refractivity contribution is 5.70. The number of nitriles is 1. The van der Waals surface area contributed by atoms with Gasteiger partial charge in [0.05, 0.1) is 12.0 Å². The smallest absolute Gasteiger partial charge is 0.307 e. The van der Waals surface area contributed by atoms with Crippen LogP contribution in [0, 0.1) is 17.1 Å². The number of hydrogen-bond donors (Lipinski definition) is 1. The van der Waals surface area contributed by atoms with Crippen LogP contribution in [0.5, 0.6) is 5.75 Å². The third-order valence-electron chi connectivity index (χ3n) is 2.84. The number of carboxylic acid groups (broad SMARTS) is 1. The summed E-state index contributed by atoms with van der Waals surface area (Å²) in [5, 5.41) is 17.4. The van der Waals surface area contributed by atoms with Crippen molar-refractivity contribution >= 4 is 5.97 Å². The van der Waals surface area contributed by atoms with Gasteiger partial charge < -0.3 is 9.84 Å². The molecule has 0 spiro atoms. The van der Waals surface area contributed by atoms with E-state index in [-0.39, 0.29) is 18.6 Å². The maximum absolute atomic E-state index is 13.2. The van der Waals surface area contributed by atoms with Crippen molar-refractivity contribution in [3.8, 4) is 11.8 Å². The van der Waals surface area contributed by atoms with E-state index in [1.54, 1.807) is 36.4 Å². The first kappa shape index (κ1) is 14.5. The van der Waals surface area contributed by atoms with Crippen LogP contribution in [-0.2, 0) is 17.8 Å². The van der Waals surface area contributed by atoms with E-state index in [1.165, 1.54) is 12.1 Å². The number of nitrogens with zero attached hydrogens (tertiary/aromatic N) is 1. The van der Waals surface area contributed by atoms with Gasteiger partial charge >= 0.3 is 5.97 Å². The zero-order valence-electron chi connectivity index (χ0n) is 11.0. The molecule has 0 atom stereocenters. The Morgan fingerprint density at radius 2 is 1.86 bits per heavy atom. The van der Waals surface area contributed by atoms with Crippen LogP contribution < -0.4 is 4.74 Å². The van der Waals surface area contributed by atoms with Gasteiger partial charge in [0.25, 0.3) is 0 Å². The van der Waals surface area contributed by atoms with Crippen molar-refractivity contribution < 1.29 is 19.0 Å². The predicted octanol–water partition coefficient (Wildman–Crippen LogP) is 2.90. The van der Waals surface area contributed by atoms with E-state index in [0.29, 0.717) is 16.9 Å². The molecule has 2 rings (SSSR count). The maximum Gasteiger partial charge on any atom is 0.307 e. The molecule has 0 aromatic heterocycles. The Morgan fingerprint density at radius 1 is 1.19 bits per heavy atom. The lowest BCUT2D eigenvalue weighted by atomic mass is 10.1. The molecule has 2 aromatic carbocycles. The largest absolute Gasteiger partial charge is 0.489 e. The molecule has 0 amide bonds. The first-order valence-electron chi connectivity index (χ1n) is 6.20. The SMILES string of the molecule is N#Cc1cc(COc2ccc(CC(=O)O)cc2)ccc1F. The summed E-state index contributed by atoms with van der Waals surface area (Å²) in [5.41, 5.74) is 1.35. The van der Waals surface area contributed by atoms with Crippen LogP contribution in [0.4, 0.5) is 4.39 Å². The van der Waals surface area contributed by atoms with Gasteiger partial charge in [0.1, 0.15) is 24.2 Å². The zero-order chi connectivity index (χ0) is 15.2. The lowest BCUT2D eigenvalue weighted by Gasteiger charge is -2.07. The van der Waals surface area contributed by atoms with Crippen molar-refractivity contribution in [1.82, 2.24) is 0 Å². The Bertz CT molecular complexity index is 690. The van der Waals surface area contributed by atoms with E-state index < -0.39 is 11.8 Å². The minimum Gasteiger partial charge on any atom is -0.489 e. The standard InChI is InChI=1S/C16H12FNO3/c17-15-6-3-12(7-13(15)9-18)10-21-14-4-1-11(2-5-14)8-16(19)20/h1-7H,8,10H2,(H,19,20). The van der Waals surface area contributed by atoms with Crippen LogP contribution >= 0.6 is 0 Å². The van der Waals surface area contributed by atoms with Crippen LogP contribution in [0.1, 0.15) is 16.7 Å². The molecule has 0 unspecified atom stereocenters. The summed E-state index contributed by atoms with van der Waals surface area (Å²) in [6.07, 6.45) is -0.0379. The van der Waals surface area contributed by atoms with Crippen molar-refractivity contribution in [1.29, 1.82) is 5.26 Å². The summed E-state index contributed by atoms with van der Waals surface area (Å²) in [5.74, 6) is -0.870. The number of aliphatic carboxylic acids is 1. The normalized spacial score (nSPS) is 9.90. The van der Waals surface area contributed by atoms with E-state index in [1.807, 2.05) is 0 Å². The molecule has 5 heteroatoms. The van der Waals surface area contributed by atoms with E-state index in [9.17, 15) is 9.18 Å². The van der Waals surface area contributed by atoms with Gasteiger partial charge in [-0.05, 0) is 35.4 Å². The second kappa shape index (κ2) is 6.53. The average molecular weight is 285 g/mol. The maximum atomic E-state index is 13.2. The number of ether oxygens (including phenoxy) is 1. The van der Waals surface area contributed by atoms with Crippen LogP contribution in [-0.4, -0.2) is 11.1 Å². The topological polar surface area (TPSA) is 70.3 Å². The monoisotopic (exact) mass is 285 g/mol. The lowest BCUT2D eigenvalue weighted by molar-refractivity contribution is -0.136. The fraction of sp³-hybridized carbons (Fsp3) is 0.125. The van der Waals surface area contributed by atoms with Crippen molar-refractivity contribution in [2.75, 3.05) is 0 Å². The second-order valence-corrected chi connectivity index (χ2v) is 4.43. The highest BCUT2D eigenvalue weighted by Gasteiger charge is 2.04. The fourth-order valence-corrected chi connectivity index (χ4v) is 1.79. The molecule has 106 valence electrons. The van der Waals surface area contributed by atoms with Crippen molar-refractivity contribution in [2.24, 2.45) is 0 Å². The van der Waals surface area contributed by atoms with E-state index in [4.69, 9.17) is 15.1 Å². The van der Waals surface area contributed by atoms with Crippen LogP contribution in [0.2, 0.25) is 0 Å². The van der Waals surface area contributed by atoms with Gasteiger partial charge in [0.2, 0.25) is 0 Å². The molecule has 0 radical (unpaired) electrons. The Balaban J connectivity index is 2.00. The fourth-order valence-electron chi connectivity index (χ4n) is 1.79. The van der Waals surface area contributed by atoms with Crippen LogP contribution in [0.3, 0.4) is 0 Å². The van der Waals surface area contributed by atoms with Gasteiger partial charge in [-0.3, -0.25) is 4.79 Å². The highest BCUT2D eigenvalue weighted by atomic mass is 19.1. The summed E-state index contributed by atoms with van der Waals surface area (Å²) in [7, 11) is 0. The second-order valence-electron chi connectivity index (χ2n) is 4.43. The molecule has 0 aliphatic heterocycles. The van der Waals surface area contributed by atoms with Gasteiger partial charge in [0.15, 0.2) is 0 Å². The summed E-state index contributed by atoms with van der Waals surface area (Å²) in [6, 6.07) is 12.7. The average Bonchev–Trinajstić information content (AvgIpc) is 2.47. The van der Waals surface area contributed by atoms with Gasteiger partial charge in [0, 0.05) is 0 Å². The zero-order valence-corrected chi connectivity index (χ0v) is 11.0. The molecule has 0 bridgehead atoms. The molecule has 1 N–H and O–H groups in total. The van der Waals surface area contributed by atoms with Crippen molar-refractivity contribution in [2.45, 2.75) is 13.0 Å². The molecular formula is C16H12FNO3. The quantitative estimate of drug-likeness (QED) is 0.917. The minimum absolute atomic E-state index is 0.0205. The molecule has 0 aliphatic carbocycles. The Hall–Kier alpha value is -2.87. The van der Waals surface area contributed by atoms with Gasteiger partial charge in [-0.2, -0.15) is 5.26 Å². The lowest BCUT2D eigenvalue weighted by Crippen LogP contribution is -2.00. The van der Waals surface area contributed by atoms with Crippen LogP contribution in [0.15, 0.2) is 42.5 Å². The number of carbonyl (C=O) groups is 1. The third-order valence-corrected chi connectivity index (χ3v) is 2.84. The summed E-state index contributed by atoms with van der Waals surface area (Å²) < 4.78 is 18.7. The number of halogens is 1. The summed E-state index contributed by atoms with van der Waals surface area (Å²) in [4.78, 5) is 10.6. The molecule has 2 aromatic rings. The van der Waals surface area contributed by atoms with E-state index in [0.717, 1.165) is 0 Å². The molecule has 0 aliphatic rings.